The Labute approximate surface area is 143 Å². The number of hydrogen-bond acceptors (Lipinski definition) is 8. The fourth-order valence-corrected chi connectivity index (χ4v) is 2.53. The van der Waals surface area contributed by atoms with E-state index in [1.807, 2.05) is 0 Å². The smallest absolute Gasteiger partial charge is 0.246 e. The first-order valence-electron chi connectivity index (χ1n) is 6.94. The highest BCUT2D eigenvalue weighted by Crippen LogP contribution is 2.26. The molecule has 4 rings (SSSR count). The Balaban J connectivity index is 1.69. The second-order valence-corrected chi connectivity index (χ2v) is 5.94. The lowest BCUT2D eigenvalue weighted by Crippen LogP contribution is -2.03. The molecule has 0 aromatic carbocycles. The lowest BCUT2D eigenvalue weighted by molar-refractivity contribution is 0.282. The van der Waals surface area contributed by atoms with Crippen LogP contribution < -0.4 is 4.74 Å². The Morgan fingerprint density at radius 3 is 2.83 bits per heavy atom. The van der Waals surface area contributed by atoms with Gasteiger partial charge >= 0.3 is 0 Å². The van der Waals surface area contributed by atoms with E-state index in [-0.39, 0.29) is 6.61 Å². The maximum atomic E-state index is 5.72. The Hall–Kier alpha value is -2.82. The minimum Gasteiger partial charge on any atom is -0.469 e. The topological polar surface area (TPSA) is 109 Å². The van der Waals surface area contributed by atoms with E-state index in [4.69, 9.17) is 9.26 Å². The summed E-state index contributed by atoms with van der Waals surface area (Å²) in [4.78, 5) is 0. The van der Waals surface area contributed by atoms with Gasteiger partial charge in [-0.3, -0.25) is 4.68 Å². The Bertz CT molecular complexity index is 1020. The molecule has 0 amide bonds. The van der Waals surface area contributed by atoms with Gasteiger partial charge in [-0.15, -0.1) is 20.4 Å². The van der Waals surface area contributed by atoms with Crippen LogP contribution in [0.2, 0.25) is 0 Å². The first kappa shape index (κ1) is 14.8. The van der Waals surface area contributed by atoms with Gasteiger partial charge in [0.15, 0.2) is 11.3 Å². The van der Waals surface area contributed by atoms with Crippen LogP contribution in [-0.4, -0.2) is 40.0 Å². The maximum absolute atomic E-state index is 5.72. The van der Waals surface area contributed by atoms with Gasteiger partial charge in [0.1, 0.15) is 18.1 Å². The quantitative estimate of drug-likeness (QED) is 0.516. The molecule has 4 aromatic heterocycles. The predicted octanol–water partition coefficient (Wildman–Crippen LogP) is 1.56. The molecule has 4 heterocycles. The molecule has 122 valence electrons. The Morgan fingerprint density at radius 2 is 2.12 bits per heavy atom. The molecule has 0 N–H and O–H groups in total. The molecule has 0 fully saturated rings. The summed E-state index contributed by atoms with van der Waals surface area (Å²) < 4.78 is 14.6. The fraction of sp³-hybridized carbons (Fsp3) is 0.231. The average Bonchev–Trinajstić information content (AvgIpc) is 3.25. The third-order valence-electron chi connectivity index (χ3n) is 3.18. The molecule has 0 atom stereocenters. The zero-order valence-corrected chi connectivity index (χ0v) is 14.3. The van der Waals surface area contributed by atoms with Gasteiger partial charge in [-0.05, 0) is 22.9 Å². The summed E-state index contributed by atoms with van der Waals surface area (Å²) in [6.07, 6.45) is 1.77. The summed E-state index contributed by atoms with van der Waals surface area (Å²) in [6, 6.07) is 3.53. The van der Waals surface area contributed by atoms with Crippen molar-refractivity contribution in [2.75, 3.05) is 0 Å². The van der Waals surface area contributed by atoms with Gasteiger partial charge in [0.05, 0.1) is 10.7 Å². The maximum Gasteiger partial charge on any atom is 0.246 e. The van der Waals surface area contributed by atoms with Crippen LogP contribution in [0.25, 0.3) is 17.2 Å². The van der Waals surface area contributed by atoms with Crippen molar-refractivity contribution in [3.05, 3.63) is 34.3 Å². The van der Waals surface area contributed by atoms with E-state index < -0.39 is 0 Å². The number of ether oxygens (including phenoxy) is 1. The van der Waals surface area contributed by atoms with Crippen LogP contribution in [-0.2, 0) is 13.7 Å². The highest BCUT2D eigenvalue weighted by atomic mass is 79.9. The molecule has 0 spiro atoms. The van der Waals surface area contributed by atoms with Crippen molar-refractivity contribution in [3.8, 4) is 17.4 Å². The van der Waals surface area contributed by atoms with Crippen molar-refractivity contribution in [1.29, 1.82) is 0 Å². The fourth-order valence-electron chi connectivity index (χ4n) is 2.13. The van der Waals surface area contributed by atoms with E-state index >= 15 is 0 Å². The normalized spacial score (nSPS) is 11.3. The molecule has 0 aliphatic carbocycles. The van der Waals surface area contributed by atoms with Crippen molar-refractivity contribution >= 4 is 21.6 Å². The van der Waals surface area contributed by atoms with Crippen LogP contribution in [0.4, 0.5) is 0 Å². The molecule has 0 unspecified atom stereocenters. The molecule has 0 aliphatic rings. The molecule has 11 heteroatoms. The van der Waals surface area contributed by atoms with E-state index in [1.165, 1.54) is 0 Å². The summed E-state index contributed by atoms with van der Waals surface area (Å²) in [5.41, 5.74) is 1.81. The van der Waals surface area contributed by atoms with Crippen molar-refractivity contribution in [2.45, 2.75) is 13.5 Å². The third-order valence-corrected chi connectivity index (χ3v) is 3.75. The van der Waals surface area contributed by atoms with Gasteiger partial charge in [-0.25, -0.2) is 0 Å². The zero-order valence-electron chi connectivity index (χ0n) is 12.7. The van der Waals surface area contributed by atoms with Gasteiger partial charge in [0.25, 0.3) is 0 Å². The van der Waals surface area contributed by atoms with E-state index in [9.17, 15) is 0 Å². The number of halogens is 1. The lowest BCUT2D eigenvalue weighted by Gasteiger charge is -2.06. The van der Waals surface area contributed by atoms with E-state index in [2.05, 4.69) is 46.7 Å². The largest absolute Gasteiger partial charge is 0.469 e. The predicted molar refractivity (Wildman–Crippen MR) is 84.1 cm³/mol. The second-order valence-electron chi connectivity index (χ2n) is 5.09. The molecule has 0 radical (unpaired) electrons. The van der Waals surface area contributed by atoms with Gasteiger partial charge in [-0.1, -0.05) is 10.4 Å². The molecular formula is C13H11BrN8O2. The van der Waals surface area contributed by atoms with Crippen molar-refractivity contribution in [3.63, 3.8) is 0 Å². The minimum atomic E-state index is 0.242. The van der Waals surface area contributed by atoms with Gasteiger partial charge in [0.2, 0.25) is 11.7 Å². The molecule has 10 nitrogen and oxygen atoms in total. The third kappa shape index (κ3) is 2.62. The van der Waals surface area contributed by atoms with Crippen LogP contribution in [0.1, 0.15) is 11.5 Å². The monoisotopic (exact) mass is 390 g/mol. The van der Waals surface area contributed by atoms with Crippen LogP contribution in [0, 0.1) is 6.92 Å². The minimum absolute atomic E-state index is 0.242. The number of fused-ring (bicyclic) bond motifs is 1. The summed E-state index contributed by atoms with van der Waals surface area (Å²) in [5.74, 6) is 1.53. The zero-order chi connectivity index (χ0) is 16.7. The lowest BCUT2D eigenvalue weighted by atomic mass is 10.3. The summed E-state index contributed by atoms with van der Waals surface area (Å²) >= 11 is 3.42. The van der Waals surface area contributed by atoms with Gasteiger partial charge < -0.3 is 9.26 Å². The van der Waals surface area contributed by atoms with E-state index in [0.29, 0.717) is 39.0 Å². The highest BCUT2D eigenvalue weighted by Gasteiger charge is 2.16. The molecular weight excluding hydrogens is 380 g/mol. The number of aryl methyl sites for hydroxylation is 2. The molecule has 0 bridgehead atoms. The standard InChI is InChI=1S/C13H11BrN8O2/c1-7-3-10(19-24-7)12-17-16-11-4-9(14)13(18-22(11)12)23-6-8-5-21(2)20-15-8/h3-5H,6H2,1-2H3. The van der Waals surface area contributed by atoms with Gasteiger partial charge in [0, 0.05) is 19.2 Å². The Kier molecular flexibility index (Phi) is 3.49. The first-order chi connectivity index (χ1) is 11.6. The molecule has 4 aromatic rings. The van der Waals surface area contributed by atoms with Crippen LogP contribution in [0.5, 0.6) is 5.88 Å². The molecule has 0 saturated carbocycles. The van der Waals surface area contributed by atoms with Crippen LogP contribution >= 0.6 is 15.9 Å². The molecule has 24 heavy (non-hydrogen) atoms. The molecule has 0 aliphatic heterocycles. The van der Waals surface area contributed by atoms with Crippen molar-refractivity contribution < 1.29 is 9.26 Å². The average molecular weight is 391 g/mol. The van der Waals surface area contributed by atoms with Crippen molar-refractivity contribution in [2.24, 2.45) is 7.05 Å². The van der Waals surface area contributed by atoms with Crippen LogP contribution in [0.15, 0.2) is 27.3 Å². The second kappa shape index (κ2) is 5.67. The van der Waals surface area contributed by atoms with Gasteiger partial charge in [-0.2, -0.15) is 4.52 Å². The highest BCUT2D eigenvalue weighted by molar-refractivity contribution is 9.10. The van der Waals surface area contributed by atoms with E-state index in [0.717, 1.165) is 0 Å². The number of nitrogens with zero attached hydrogens (tertiary/aromatic N) is 8. The summed E-state index contributed by atoms with van der Waals surface area (Å²) in [7, 11) is 1.79. The summed E-state index contributed by atoms with van der Waals surface area (Å²) in [5, 5.41) is 24.4. The summed E-state index contributed by atoms with van der Waals surface area (Å²) in [6.45, 7) is 2.05. The number of aromatic nitrogens is 8. The Morgan fingerprint density at radius 1 is 1.25 bits per heavy atom. The van der Waals surface area contributed by atoms with Crippen molar-refractivity contribution in [1.82, 2.24) is 40.0 Å². The van der Waals surface area contributed by atoms with E-state index in [1.54, 1.807) is 41.5 Å². The number of hydrogen-bond donors (Lipinski definition) is 0. The first-order valence-corrected chi connectivity index (χ1v) is 7.73. The molecule has 0 saturated heterocycles. The number of rotatable bonds is 4. The van der Waals surface area contributed by atoms with Crippen LogP contribution in [0.3, 0.4) is 0 Å². The SMILES string of the molecule is Cc1cc(-c2nnc3cc(Br)c(OCc4cn(C)nn4)nn23)no1.